The van der Waals surface area contributed by atoms with Crippen LogP contribution in [-0.4, -0.2) is 40.1 Å². The Balaban J connectivity index is 2.38. The molecule has 16 heavy (non-hydrogen) atoms. The molecule has 0 aliphatic heterocycles. The maximum atomic E-state index is 5.72. The summed E-state index contributed by atoms with van der Waals surface area (Å²) >= 11 is 0. The lowest BCUT2D eigenvalue weighted by molar-refractivity contribution is 0.464. The van der Waals surface area contributed by atoms with Crippen molar-refractivity contribution < 1.29 is 0 Å². The minimum Gasteiger partial charge on any atom is -0.382 e. The van der Waals surface area contributed by atoms with E-state index in [-0.39, 0.29) is 0 Å². The van der Waals surface area contributed by atoms with E-state index in [1.807, 2.05) is 31.1 Å². The molecule has 0 spiro atoms. The van der Waals surface area contributed by atoms with E-state index in [0.29, 0.717) is 12.4 Å². The van der Waals surface area contributed by atoms with E-state index in [9.17, 15) is 0 Å². The van der Waals surface area contributed by atoms with Gasteiger partial charge in [-0.25, -0.2) is 9.50 Å². The second-order valence-corrected chi connectivity index (χ2v) is 3.70. The first-order chi connectivity index (χ1) is 7.68. The Morgan fingerprint density at radius 2 is 2.25 bits per heavy atom. The number of nitrogens with two attached hydrogens (primary N) is 1. The van der Waals surface area contributed by atoms with Gasteiger partial charge in [0.1, 0.15) is 17.5 Å². The van der Waals surface area contributed by atoms with Gasteiger partial charge in [-0.2, -0.15) is 5.10 Å². The summed E-state index contributed by atoms with van der Waals surface area (Å²) < 4.78 is 1.70. The minimum atomic E-state index is 0.468. The fraction of sp³-hybridized carbons (Fsp3) is 0.273. The molecule has 0 unspecified atom stereocenters. The Labute approximate surface area is 93.9 Å². The van der Waals surface area contributed by atoms with Crippen molar-refractivity contribution in [3.05, 3.63) is 24.2 Å². The number of nitrogens with zero attached hydrogens (tertiary/aromatic N) is 4. The number of rotatable bonds is 1. The molecule has 0 amide bonds. The molecular formula is C11H13N5. The lowest BCUT2D eigenvalue weighted by Crippen LogP contribution is -2.10. The molecule has 82 valence electrons. The van der Waals surface area contributed by atoms with Crippen LogP contribution in [0.3, 0.4) is 0 Å². The highest BCUT2D eigenvalue weighted by molar-refractivity contribution is 5.66. The largest absolute Gasteiger partial charge is 0.382 e. The van der Waals surface area contributed by atoms with Crippen LogP contribution in [0, 0.1) is 11.8 Å². The summed E-state index contributed by atoms with van der Waals surface area (Å²) in [5, 5.41) is 4.11. The maximum absolute atomic E-state index is 5.72. The molecule has 2 aromatic rings. The predicted molar refractivity (Wildman–Crippen MR) is 62.8 cm³/mol. The van der Waals surface area contributed by atoms with Crippen LogP contribution in [0.4, 0.5) is 5.82 Å². The molecule has 0 radical (unpaired) electrons. The van der Waals surface area contributed by atoms with E-state index in [0.717, 1.165) is 11.2 Å². The summed E-state index contributed by atoms with van der Waals surface area (Å²) in [6, 6.07) is 3.76. The van der Waals surface area contributed by atoms with E-state index in [2.05, 4.69) is 21.9 Å². The molecular weight excluding hydrogens is 202 g/mol. The van der Waals surface area contributed by atoms with Gasteiger partial charge in [-0.15, -0.1) is 0 Å². The predicted octanol–water partition coefficient (Wildman–Crippen LogP) is 0.225. The molecule has 0 saturated carbocycles. The summed E-state index contributed by atoms with van der Waals surface area (Å²) in [4.78, 5) is 5.92. The van der Waals surface area contributed by atoms with Crippen LogP contribution in [0.1, 0.15) is 5.69 Å². The van der Waals surface area contributed by atoms with Gasteiger partial charge in [-0.1, -0.05) is 5.92 Å². The van der Waals surface area contributed by atoms with Crippen molar-refractivity contribution in [3.8, 4) is 11.8 Å². The van der Waals surface area contributed by atoms with E-state index in [1.54, 1.807) is 4.52 Å². The third kappa shape index (κ3) is 1.97. The highest BCUT2D eigenvalue weighted by atomic mass is 15.2. The van der Waals surface area contributed by atoms with Crippen molar-refractivity contribution in [1.82, 2.24) is 19.5 Å². The van der Waals surface area contributed by atoms with Gasteiger partial charge in [-0.05, 0) is 32.1 Å². The second kappa shape index (κ2) is 4.21. The van der Waals surface area contributed by atoms with Crippen molar-refractivity contribution in [2.45, 2.75) is 0 Å². The summed E-state index contributed by atoms with van der Waals surface area (Å²) in [5.74, 6) is 6.57. The molecule has 5 nitrogen and oxygen atoms in total. The zero-order valence-electron chi connectivity index (χ0n) is 9.31. The Morgan fingerprint density at radius 3 is 3.00 bits per heavy atom. The van der Waals surface area contributed by atoms with E-state index in [4.69, 9.17) is 5.73 Å². The molecule has 0 aliphatic rings. The van der Waals surface area contributed by atoms with Crippen molar-refractivity contribution in [1.29, 1.82) is 0 Å². The average molecular weight is 215 g/mol. The monoisotopic (exact) mass is 215 g/mol. The number of hydrogen-bond acceptors (Lipinski definition) is 4. The van der Waals surface area contributed by atoms with Crippen LogP contribution in [0.2, 0.25) is 0 Å². The highest BCUT2D eigenvalue weighted by Crippen LogP contribution is 2.11. The zero-order chi connectivity index (χ0) is 11.5. The molecule has 5 heteroatoms. The Kier molecular flexibility index (Phi) is 2.75. The van der Waals surface area contributed by atoms with Crippen molar-refractivity contribution in [2.75, 3.05) is 26.4 Å². The Hall–Kier alpha value is -2.06. The number of fused-ring (bicyclic) bond motifs is 1. The fourth-order valence-electron chi connectivity index (χ4n) is 1.34. The molecule has 0 aromatic carbocycles. The minimum absolute atomic E-state index is 0.468. The van der Waals surface area contributed by atoms with Crippen LogP contribution in [-0.2, 0) is 0 Å². The summed E-state index contributed by atoms with van der Waals surface area (Å²) in [5.41, 5.74) is 7.33. The standard InChI is InChI=1S/C11H13N5/c1-15(2)7-3-4-9-5-6-10-11(12)13-8-14-16(9)10/h5-6,8H,7H2,1-2H3,(H2,12,13,14). The van der Waals surface area contributed by atoms with E-state index < -0.39 is 0 Å². The third-order valence-corrected chi connectivity index (χ3v) is 2.09. The van der Waals surface area contributed by atoms with Gasteiger partial charge in [-0.3, -0.25) is 4.90 Å². The van der Waals surface area contributed by atoms with Gasteiger partial charge in [0, 0.05) is 0 Å². The molecule has 0 aliphatic carbocycles. The fourth-order valence-corrected chi connectivity index (χ4v) is 1.34. The molecule has 0 atom stereocenters. The molecule has 2 rings (SSSR count). The topological polar surface area (TPSA) is 59.5 Å². The van der Waals surface area contributed by atoms with Crippen molar-refractivity contribution in [2.24, 2.45) is 0 Å². The number of aromatic nitrogens is 3. The molecule has 2 heterocycles. The molecule has 0 fully saturated rings. The number of hydrogen-bond donors (Lipinski definition) is 1. The lowest BCUT2D eigenvalue weighted by atomic mass is 10.4. The van der Waals surface area contributed by atoms with Gasteiger partial charge in [0.2, 0.25) is 0 Å². The normalized spacial score (nSPS) is 10.4. The van der Waals surface area contributed by atoms with Gasteiger partial charge in [0.05, 0.1) is 6.54 Å². The first kappa shape index (κ1) is 10.5. The average Bonchev–Trinajstić information content (AvgIpc) is 2.63. The first-order valence-electron chi connectivity index (χ1n) is 4.90. The van der Waals surface area contributed by atoms with Gasteiger partial charge in [0.15, 0.2) is 5.82 Å². The molecule has 2 N–H and O–H groups in total. The maximum Gasteiger partial charge on any atom is 0.151 e. The summed E-state index contributed by atoms with van der Waals surface area (Å²) in [6.45, 7) is 0.716. The van der Waals surface area contributed by atoms with Crippen LogP contribution in [0.15, 0.2) is 18.5 Å². The highest BCUT2D eigenvalue weighted by Gasteiger charge is 2.02. The van der Waals surface area contributed by atoms with E-state index >= 15 is 0 Å². The Bertz CT molecular complexity index is 558. The van der Waals surface area contributed by atoms with Crippen LogP contribution < -0.4 is 5.73 Å². The van der Waals surface area contributed by atoms with Crippen LogP contribution >= 0.6 is 0 Å². The quantitative estimate of drug-likeness (QED) is 0.691. The van der Waals surface area contributed by atoms with Gasteiger partial charge < -0.3 is 5.73 Å². The second-order valence-electron chi connectivity index (χ2n) is 3.70. The molecule has 0 bridgehead atoms. The molecule has 2 aromatic heterocycles. The number of anilines is 1. The van der Waals surface area contributed by atoms with Crippen molar-refractivity contribution >= 4 is 11.3 Å². The zero-order valence-corrected chi connectivity index (χ0v) is 9.31. The summed E-state index contributed by atoms with van der Waals surface area (Å²) in [7, 11) is 3.95. The van der Waals surface area contributed by atoms with Gasteiger partial charge in [0.25, 0.3) is 0 Å². The molecule has 0 saturated heterocycles. The van der Waals surface area contributed by atoms with Crippen LogP contribution in [0.25, 0.3) is 5.52 Å². The third-order valence-electron chi connectivity index (χ3n) is 2.09. The smallest absolute Gasteiger partial charge is 0.151 e. The lowest BCUT2D eigenvalue weighted by Gasteiger charge is -2.01. The SMILES string of the molecule is CN(C)CC#Cc1ccc2c(N)ncnn12. The summed E-state index contributed by atoms with van der Waals surface area (Å²) in [6.07, 6.45) is 1.43. The van der Waals surface area contributed by atoms with E-state index in [1.165, 1.54) is 6.33 Å². The first-order valence-corrected chi connectivity index (χ1v) is 4.90. The van der Waals surface area contributed by atoms with Gasteiger partial charge >= 0.3 is 0 Å². The van der Waals surface area contributed by atoms with Crippen molar-refractivity contribution in [3.63, 3.8) is 0 Å². The number of nitrogen functional groups attached to an aromatic ring is 1. The van der Waals surface area contributed by atoms with Crippen LogP contribution in [0.5, 0.6) is 0 Å². The Morgan fingerprint density at radius 1 is 1.44 bits per heavy atom.